The van der Waals surface area contributed by atoms with Crippen molar-refractivity contribution in [2.45, 2.75) is 83.2 Å². The highest BCUT2D eigenvalue weighted by Gasteiger charge is 2.26. The van der Waals surface area contributed by atoms with Crippen LogP contribution in [0.25, 0.3) is 0 Å². The Bertz CT molecular complexity index is 345. The molecule has 1 aliphatic carbocycles. The number of carbonyl (C=O) groups is 1. The molecule has 0 spiro atoms. The molecule has 24 heavy (non-hydrogen) atoms. The van der Waals surface area contributed by atoms with Crippen molar-refractivity contribution < 1.29 is 9.90 Å². The second kappa shape index (κ2) is 10.9. The molecule has 1 heterocycles. The molecule has 0 radical (unpaired) electrons. The highest BCUT2D eigenvalue weighted by atomic mass is 16.3. The average molecular weight is 340 g/mol. The first-order valence-electron chi connectivity index (χ1n) is 10.1. The van der Waals surface area contributed by atoms with Gasteiger partial charge in [0.25, 0.3) is 0 Å². The zero-order valence-electron chi connectivity index (χ0n) is 15.4. The lowest BCUT2D eigenvalue weighted by atomic mass is 9.92. The molecule has 0 aromatic carbocycles. The summed E-state index contributed by atoms with van der Waals surface area (Å²) in [5.74, 6) is 0.388. The number of hydrogen-bond acceptors (Lipinski definition) is 3. The minimum atomic E-state index is -0.0369. The number of aliphatic hydroxyl groups is 1. The first-order chi connectivity index (χ1) is 11.7. The van der Waals surface area contributed by atoms with E-state index in [2.05, 4.69) is 22.5 Å². The summed E-state index contributed by atoms with van der Waals surface area (Å²) in [5, 5.41) is 15.2. The van der Waals surface area contributed by atoms with E-state index in [1.807, 2.05) is 0 Å². The molecule has 0 aromatic heterocycles. The van der Waals surface area contributed by atoms with E-state index >= 15 is 0 Å². The van der Waals surface area contributed by atoms with Crippen molar-refractivity contribution in [1.29, 1.82) is 0 Å². The molecular weight excluding hydrogens is 302 g/mol. The molecule has 5 heteroatoms. The summed E-state index contributed by atoms with van der Waals surface area (Å²) in [6, 6.07) is 1.07. The molecule has 5 nitrogen and oxygen atoms in total. The SMILES string of the molecule is CCCC(CCO)CNC(=O)NC1CCN(C2CCCCC2)CC1. The number of likely N-dealkylation sites (tertiary alicyclic amines) is 1. The average Bonchev–Trinajstić information content (AvgIpc) is 2.61. The summed E-state index contributed by atoms with van der Waals surface area (Å²) in [5.41, 5.74) is 0. The van der Waals surface area contributed by atoms with Crippen molar-refractivity contribution in [2.75, 3.05) is 26.2 Å². The van der Waals surface area contributed by atoms with Crippen LogP contribution in [0.5, 0.6) is 0 Å². The Kier molecular flexibility index (Phi) is 8.89. The van der Waals surface area contributed by atoms with Crippen LogP contribution in [0.1, 0.15) is 71.1 Å². The number of carbonyl (C=O) groups excluding carboxylic acids is 1. The number of nitrogens with one attached hydrogen (secondary N) is 2. The van der Waals surface area contributed by atoms with Crippen LogP contribution >= 0.6 is 0 Å². The van der Waals surface area contributed by atoms with E-state index in [4.69, 9.17) is 5.11 Å². The van der Waals surface area contributed by atoms with E-state index in [0.29, 0.717) is 18.5 Å². The van der Waals surface area contributed by atoms with Crippen molar-refractivity contribution in [3.8, 4) is 0 Å². The Morgan fingerprint density at radius 2 is 1.83 bits per heavy atom. The second-order valence-electron chi connectivity index (χ2n) is 7.62. The third-order valence-electron chi connectivity index (χ3n) is 5.74. The molecule has 1 atom stereocenters. The largest absolute Gasteiger partial charge is 0.396 e. The smallest absolute Gasteiger partial charge is 0.315 e. The lowest BCUT2D eigenvalue weighted by Crippen LogP contribution is -2.50. The molecule has 3 N–H and O–H groups in total. The fraction of sp³-hybridized carbons (Fsp3) is 0.947. The van der Waals surface area contributed by atoms with Crippen molar-refractivity contribution in [2.24, 2.45) is 5.92 Å². The third kappa shape index (κ3) is 6.60. The van der Waals surface area contributed by atoms with Crippen LogP contribution in [0.15, 0.2) is 0 Å². The Balaban J connectivity index is 1.62. The third-order valence-corrected chi connectivity index (χ3v) is 5.74. The highest BCUT2D eigenvalue weighted by molar-refractivity contribution is 5.74. The lowest BCUT2D eigenvalue weighted by molar-refractivity contribution is 0.117. The van der Waals surface area contributed by atoms with E-state index in [0.717, 1.165) is 51.2 Å². The molecule has 2 rings (SSSR count). The van der Waals surface area contributed by atoms with Gasteiger partial charge in [-0.3, -0.25) is 0 Å². The van der Waals surface area contributed by atoms with Gasteiger partial charge in [-0.25, -0.2) is 4.79 Å². The summed E-state index contributed by atoms with van der Waals surface area (Å²) in [7, 11) is 0. The maximum atomic E-state index is 12.1. The van der Waals surface area contributed by atoms with Gasteiger partial charge in [0.15, 0.2) is 0 Å². The number of piperidine rings is 1. The van der Waals surface area contributed by atoms with Gasteiger partial charge in [-0.05, 0) is 44.4 Å². The molecule has 1 aliphatic heterocycles. The van der Waals surface area contributed by atoms with E-state index in [1.165, 1.54) is 32.1 Å². The van der Waals surface area contributed by atoms with E-state index < -0.39 is 0 Å². The van der Waals surface area contributed by atoms with Crippen molar-refractivity contribution in [1.82, 2.24) is 15.5 Å². The standard InChI is InChI=1S/C19H37N3O2/c1-2-6-16(11-14-23)15-20-19(24)21-17-9-12-22(13-10-17)18-7-4-3-5-8-18/h16-18,23H,2-15H2,1H3,(H2,20,21,24). The molecule has 0 bridgehead atoms. The zero-order chi connectivity index (χ0) is 17.2. The maximum Gasteiger partial charge on any atom is 0.315 e. The molecule has 2 amide bonds. The minimum absolute atomic E-state index is 0.0369. The highest BCUT2D eigenvalue weighted by Crippen LogP contribution is 2.25. The van der Waals surface area contributed by atoms with Gasteiger partial charge in [-0.2, -0.15) is 0 Å². The molecule has 1 unspecified atom stereocenters. The van der Waals surface area contributed by atoms with Gasteiger partial charge in [-0.15, -0.1) is 0 Å². The Morgan fingerprint density at radius 3 is 2.46 bits per heavy atom. The van der Waals surface area contributed by atoms with Crippen LogP contribution in [0.4, 0.5) is 4.79 Å². The van der Waals surface area contributed by atoms with Gasteiger partial charge < -0.3 is 20.6 Å². The first-order valence-corrected chi connectivity index (χ1v) is 10.1. The quantitative estimate of drug-likeness (QED) is 0.637. The topological polar surface area (TPSA) is 64.6 Å². The van der Waals surface area contributed by atoms with Crippen LogP contribution in [0.3, 0.4) is 0 Å². The predicted octanol–water partition coefficient (Wildman–Crippen LogP) is 2.88. The van der Waals surface area contributed by atoms with Gasteiger partial charge >= 0.3 is 6.03 Å². The van der Waals surface area contributed by atoms with Gasteiger partial charge in [0.05, 0.1) is 0 Å². The number of aliphatic hydroxyl groups excluding tert-OH is 1. The normalized spacial score (nSPS) is 22.2. The number of rotatable bonds is 8. The number of amides is 2. The van der Waals surface area contributed by atoms with Crippen LogP contribution in [0.2, 0.25) is 0 Å². The fourth-order valence-corrected chi connectivity index (χ4v) is 4.27. The molecule has 0 aromatic rings. The summed E-state index contributed by atoms with van der Waals surface area (Å²) in [6.07, 6.45) is 12.0. The van der Waals surface area contributed by atoms with E-state index in [9.17, 15) is 4.79 Å². The molecule has 1 saturated heterocycles. The van der Waals surface area contributed by atoms with Gasteiger partial charge in [-0.1, -0.05) is 32.6 Å². The zero-order valence-corrected chi connectivity index (χ0v) is 15.4. The Hall–Kier alpha value is -0.810. The summed E-state index contributed by atoms with van der Waals surface area (Å²) in [6.45, 7) is 5.26. The van der Waals surface area contributed by atoms with Crippen LogP contribution in [-0.2, 0) is 0 Å². The molecular formula is C19H37N3O2. The number of hydrogen-bond donors (Lipinski definition) is 3. The predicted molar refractivity (Wildman–Crippen MR) is 98.1 cm³/mol. The Morgan fingerprint density at radius 1 is 1.12 bits per heavy atom. The van der Waals surface area contributed by atoms with E-state index in [-0.39, 0.29) is 12.6 Å². The van der Waals surface area contributed by atoms with Crippen molar-refractivity contribution >= 4 is 6.03 Å². The van der Waals surface area contributed by atoms with Crippen LogP contribution in [-0.4, -0.2) is 54.4 Å². The first kappa shape index (κ1) is 19.5. The molecule has 1 saturated carbocycles. The van der Waals surface area contributed by atoms with Crippen molar-refractivity contribution in [3.05, 3.63) is 0 Å². The summed E-state index contributed by atoms with van der Waals surface area (Å²) >= 11 is 0. The second-order valence-corrected chi connectivity index (χ2v) is 7.62. The monoisotopic (exact) mass is 339 g/mol. The minimum Gasteiger partial charge on any atom is -0.396 e. The van der Waals surface area contributed by atoms with Gasteiger partial charge in [0.1, 0.15) is 0 Å². The van der Waals surface area contributed by atoms with Crippen molar-refractivity contribution in [3.63, 3.8) is 0 Å². The maximum absolute atomic E-state index is 12.1. The number of nitrogens with zero attached hydrogens (tertiary/aromatic N) is 1. The van der Waals surface area contributed by atoms with Crippen LogP contribution < -0.4 is 10.6 Å². The molecule has 140 valence electrons. The molecule has 2 fully saturated rings. The number of urea groups is 1. The lowest BCUT2D eigenvalue weighted by Gasteiger charge is -2.39. The summed E-state index contributed by atoms with van der Waals surface area (Å²) in [4.78, 5) is 14.8. The fourth-order valence-electron chi connectivity index (χ4n) is 4.27. The van der Waals surface area contributed by atoms with Gasteiger partial charge in [0, 0.05) is 38.3 Å². The molecule has 2 aliphatic rings. The van der Waals surface area contributed by atoms with Gasteiger partial charge in [0.2, 0.25) is 0 Å². The van der Waals surface area contributed by atoms with E-state index in [1.54, 1.807) is 0 Å². The Labute approximate surface area is 147 Å². The van der Waals surface area contributed by atoms with Crippen LogP contribution in [0, 0.1) is 5.92 Å². The summed E-state index contributed by atoms with van der Waals surface area (Å²) < 4.78 is 0.